The van der Waals surface area contributed by atoms with Gasteiger partial charge >= 0.3 is 0 Å². The second-order valence-corrected chi connectivity index (χ2v) is 7.26. The highest BCUT2D eigenvalue weighted by Crippen LogP contribution is 2.27. The number of phenolic OH excluding ortho intramolecular Hbond substituents is 2. The normalized spacial score (nSPS) is 10.9. The number of rotatable bonds is 11. The van der Waals surface area contributed by atoms with Crippen molar-refractivity contribution in [2.45, 2.75) is 27.2 Å². The van der Waals surface area contributed by atoms with Crippen LogP contribution in [0.3, 0.4) is 0 Å². The molecule has 0 aliphatic carbocycles. The van der Waals surface area contributed by atoms with Gasteiger partial charge in [-0.15, -0.1) is 0 Å². The summed E-state index contributed by atoms with van der Waals surface area (Å²) < 4.78 is 10.00. The van der Waals surface area contributed by atoms with Crippen molar-refractivity contribution in [2.24, 2.45) is 0 Å². The van der Waals surface area contributed by atoms with Crippen molar-refractivity contribution in [1.82, 2.24) is 4.90 Å². The van der Waals surface area contributed by atoms with Crippen LogP contribution in [0.2, 0.25) is 0 Å². The molecule has 0 aromatic heterocycles. The molecule has 0 saturated heterocycles. The van der Waals surface area contributed by atoms with Gasteiger partial charge in [0.2, 0.25) is 0 Å². The zero-order valence-corrected chi connectivity index (χ0v) is 20.6. The van der Waals surface area contributed by atoms with Crippen LogP contribution in [0.15, 0.2) is 48.6 Å². The maximum absolute atomic E-state index is 11.9. The van der Waals surface area contributed by atoms with E-state index in [1.807, 2.05) is 0 Å². The van der Waals surface area contributed by atoms with Gasteiger partial charge < -0.3 is 24.6 Å². The molecule has 0 aliphatic heterocycles. The topological polar surface area (TPSA) is 96.3 Å². The first-order valence-corrected chi connectivity index (χ1v) is 11.2. The van der Waals surface area contributed by atoms with Crippen LogP contribution in [-0.2, 0) is 9.59 Å². The number of allylic oxidation sites excluding steroid dienone is 2. The van der Waals surface area contributed by atoms with Crippen LogP contribution >= 0.6 is 0 Å². The lowest BCUT2D eigenvalue weighted by atomic mass is 10.1. The van der Waals surface area contributed by atoms with E-state index in [1.165, 1.54) is 58.1 Å². The molecule has 0 saturated carbocycles. The van der Waals surface area contributed by atoms with Crippen LogP contribution in [0.1, 0.15) is 38.3 Å². The van der Waals surface area contributed by atoms with Gasteiger partial charge in [-0.3, -0.25) is 9.59 Å². The van der Waals surface area contributed by atoms with Crippen molar-refractivity contribution in [3.63, 3.8) is 0 Å². The highest BCUT2D eigenvalue weighted by molar-refractivity contribution is 6.10. The Morgan fingerprint density at radius 3 is 1.44 bits per heavy atom. The van der Waals surface area contributed by atoms with Gasteiger partial charge in [0.1, 0.15) is 0 Å². The highest BCUT2D eigenvalue weighted by Gasteiger charge is 2.06. The zero-order chi connectivity index (χ0) is 25.5. The molecule has 2 rings (SSSR count). The lowest BCUT2D eigenvalue weighted by Gasteiger charge is -2.13. The standard InChI is InChI=1S/C21H20O6.C6H15N/c1-26-20-11-14(5-9-18(20)24)3-7-16(22)13-17(23)8-4-15-6-10-19(25)21(12-15)27-2;1-4-7(5-2)6-3/h3-12,24-25H,13H2,1-2H3;4-6H2,1-3H3/b7-3+,8-4+;. The Labute approximate surface area is 201 Å². The van der Waals surface area contributed by atoms with Crippen molar-refractivity contribution in [3.05, 3.63) is 59.7 Å². The fraction of sp³-hybridized carbons (Fsp3) is 0.333. The fourth-order valence-corrected chi connectivity index (χ4v) is 2.93. The number of hydrogen-bond donors (Lipinski definition) is 2. The third-order valence-electron chi connectivity index (χ3n) is 5.02. The number of benzene rings is 2. The highest BCUT2D eigenvalue weighted by atomic mass is 16.5. The van der Waals surface area contributed by atoms with Crippen molar-refractivity contribution in [3.8, 4) is 23.0 Å². The summed E-state index contributed by atoms with van der Waals surface area (Å²) in [5.41, 5.74) is 1.33. The monoisotopic (exact) mass is 469 g/mol. The van der Waals surface area contributed by atoms with E-state index in [9.17, 15) is 19.8 Å². The Morgan fingerprint density at radius 2 is 1.15 bits per heavy atom. The number of phenols is 2. The number of hydrogen-bond acceptors (Lipinski definition) is 7. The summed E-state index contributed by atoms with van der Waals surface area (Å²) in [6, 6.07) is 9.34. The molecule has 184 valence electrons. The first kappa shape index (κ1) is 28.5. The molecule has 0 spiro atoms. The molecular formula is C27H35NO6. The van der Waals surface area contributed by atoms with Gasteiger partial charge in [-0.1, -0.05) is 45.1 Å². The third-order valence-corrected chi connectivity index (χ3v) is 5.02. The van der Waals surface area contributed by atoms with E-state index >= 15 is 0 Å². The average Bonchev–Trinajstić information content (AvgIpc) is 2.84. The number of carbonyl (C=O) groups is 2. The van der Waals surface area contributed by atoms with Gasteiger partial charge in [-0.2, -0.15) is 0 Å². The van der Waals surface area contributed by atoms with Crippen LogP contribution in [-0.4, -0.2) is 60.5 Å². The average molecular weight is 470 g/mol. The number of nitrogens with zero attached hydrogens (tertiary/aromatic N) is 1. The van der Waals surface area contributed by atoms with Gasteiger partial charge in [0.15, 0.2) is 34.6 Å². The molecule has 2 aromatic rings. The SMILES string of the molecule is CCN(CC)CC.COc1cc(/C=C/C(=O)CC(=O)/C=C/c2ccc(O)c(OC)c2)ccc1O. The van der Waals surface area contributed by atoms with Crippen LogP contribution in [0.4, 0.5) is 0 Å². The van der Waals surface area contributed by atoms with E-state index in [4.69, 9.17) is 9.47 Å². The lowest BCUT2D eigenvalue weighted by molar-refractivity contribution is -0.121. The smallest absolute Gasteiger partial charge is 0.163 e. The van der Waals surface area contributed by atoms with Crippen molar-refractivity contribution in [1.29, 1.82) is 0 Å². The second-order valence-electron chi connectivity index (χ2n) is 7.26. The minimum atomic E-state index is -0.347. The summed E-state index contributed by atoms with van der Waals surface area (Å²) in [5, 5.41) is 19.1. The van der Waals surface area contributed by atoms with Crippen molar-refractivity contribution < 1.29 is 29.3 Å². The fourth-order valence-electron chi connectivity index (χ4n) is 2.93. The van der Waals surface area contributed by atoms with Gasteiger partial charge in [0, 0.05) is 0 Å². The summed E-state index contributed by atoms with van der Waals surface area (Å²) in [4.78, 5) is 26.2. The molecule has 0 aliphatic rings. The molecule has 2 N–H and O–H groups in total. The van der Waals surface area contributed by atoms with Gasteiger partial charge in [0.25, 0.3) is 0 Å². The van der Waals surface area contributed by atoms with E-state index in [2.05, 4.69) is 25.7 Å². The molecule has 0 radical (unpaired) electrons. The minimum absolute atomic E-state index is 0.00662. The first-order valence-electron chi connectivity index (χ1n) is 11.2. The Hall–Kier alpha value is -3.58. The number of aromatic hydroxyl groups is 2. The Balaban J connectivity index is 0.000000718. The Kier molecular flexibility index (Phi) is 12.8. The second kappa shape index (κ2) is 15.3. The van der Waals surface area contributed by atoms with Crippen LogP contribution in [0.5, 0.6) is 23.0 Å². The summed E-state index contributed by atoms with van der Waals surface area (Å²) in [5.74, 6) is -0.0832. The van der Waals surface area contributed by atoms with Gasteiger partial charge in [-0.05, 0) is 67.2 Å². The number of carbonyl (C=O) groups excluding carboxylic acids is 2. The Bertz CT molecular complexity index is 914. The van der Waals surface area contributed by atoms with E-state index in [1.54, 1.807) is 36.4 Å². The summed E-state index contributed by atoms with van der Waals surface area (Å²) in [7, 11) is 2.87. The van der Waals surface area contributed by atoms with Gasteiger partial charge in [0.05, 0.1) is 20.6 Å². The molecular weight excluding hydrogens is 434 g/mol. The number of ketones is 2. The van der Waals surface area contributed by atoms with E-state index in [0.29, 0.717) is 22.6 Å². The van der Waals surface area contributed by atoms with Crippen LogP contribution in [0.25, 0.3) is 12.2 Å². The summed E-state index contributed by atoms with van der Waals surface area (Å²) in [6.07, 6.45) is 5.44. The first-order chi connectivity index (χ1) is 16.3. The summed E-state index contributed by atoms with van der Waals surface area (Å²) in [6.45, 7) is 10.1. The largest absolute Gasteiger partial charge is 0.504 e. The molecule has 0 heterocycles. The number of ether oxygens (including phenoxy) is 2. The molecule has 2 aromatic carbocycles. The molecule has 34 heavy (non-hydrogen) atoms. The maximum Gasteiger partial charge on any atom is 0.163 e. The zero-order valence-electron chi connectivity index (χ0n) is 20.6. The molecule has 7 heteroatoms. The summed E-state index contributed by atoms with van der Waals surface area (Å²) >= 11 is 0. The van der Waals surface area contributed by atoms with Gasteiger partial charge in [-0.25, -0.2) is 0 Å². The van der Waals surface area contributed by atoms with E-state index in [-0.39, 0.29) is 29.5 Å². The quantitative estimate of drug-likeness (QED) is 0.363. The lowest BCUT2D eigenvalue weighted by Crippen LogP contribution is -2.21. The van der Waals surface area contributed by atoms with Crippen molar-refractivity contribution in [2.75, 3.05) is 33.9 Å². The predicted octanol–water partition coefficient (Wildman–Crippen LogP) is 4.72. The molecule has 0 bridgehead atoms. The minimum Gasteiger partial charge on any atom is -0.504 e. The van der Waals surface area contributed by atoms with Crippen LogP contribution < -0.4 is 9.47 Å². The number of methoxy groups -OCH3 is 2. The molecule has 7 nitrogen and oxygen atoms in total. The van der Waals surface area contributed by atoms with Crippen molar-refractivity contribution >= 4 is 23.7 Å². The third kappa shape index (κ3) is 9.92. The van der Waals surface area contributed by atoms with E-state index in [0.717, 1.165) is 0 Å². The Morgan fingerprint density at radius 1 is 0.765 bits per heavy atom. The van der Waals surface area contributed by atoms with E-state index < -0.39 is 0 Å². The maximum atomic E-state index is 11.9. The predicted molar refractivity (Wildman–Crippen MR) is 135 cm³/mol. The molecule has 0 fully saturated rings. The molecule has 0 amide bonds. The molecule has 0 atom stereocenters. The van der Waals surface area contributed by atoms with Crippen LogP contribution in [0, 0.1) is 0 Å². The molecule has 0 unspecified atom stereocenters.